The first-order valence-corrected chi connectivity index (χ1v) is 5.42. The molecule has 0 bridgehead atoms. The Kier molecular flexibility index (Phi) is 2.32. The molecular weight excluding hydrogens is 180 g/mol. The first-order valence-electron chi connectivity index (χ1n) is 4.54. The van der Waals surface area contributed by atoms with Gasteiger partial charge >= 0.3 is 0 Å². The van der Waals surface area contributed by atoms with E-state index in [0.29, 0.717) is 5.78 Å². The average Bonchev–Trinajstić information content (AvgIpc) is 2.58. The number of fused-ring (bicyclic) bond motifs is 1. The Bertz CT molecular complexity index is 338. The van der Waals surface area contributed by atoms with Crippen LogP contribution in [0.5, 0.6) is 0 Å². The van der Waals surface area contributed by atoms with Gasteiger partial charge in [-0.2, -0.15) is 0 Å². The van der Waals surface area contributed by atoms with Crippen molar-refractivity contribution in [1.29, 1.82) is 0 Å². The summed E-state index contributed by atoms with van der Waals surface area (Å²) in [7, 11) is 0. The summed E-state index contributed by atoms with van der Waals surface area (Å²) in [5.74, 6) is 0.516. The number of allylic oxidation sites excluding steroid dienone is 1. The Morgan fingerprint density at radius 1 is 1.69 bits per heavy atom. The van der Waals surface area contributed by atoms with Crippen LogP contribution in [0.2, 0.25) is 0 Å². The minimum absolute atomic E-state index is 0.194. The molecule has 0 saturated heterocycles. The second-order valence-electron chi connectivity index (χ2n) is 3.38. The topological polar surface area (TPSA) is 17.1 Å². The molecule has 1 aromatic heterocycles. The van der Waals surface area contributed by atoms with Crippen molar-refractivity contribution in [2.45, 2.75) is 19.3 Å². The Balaban J connectivity index is 2.27. The third-order valence-corrected chi connectivity index (χ3v) is 3.53. The van der Waals surface area contributed by atoms with E-state index in [-0.39, 0.29) is 5.92 Å². The Morgan fingerprint density at radius 3 is 3.31 bits per heavy atom. The Morgan fingerprint density at radius 2 is 2.54 bits per heavy atom. The number of hydrogen-bond donors (Lipinski definition) is 0. The van der Waals surface area contributed by atoms with E-state index < -0.39 is 0 Å². The van der Waals surface area contributed by atoms with Gasteiger partial charge in [0.15, 0.2) is 5.78 Å². The van der Waals surface area contributed by atoms with Gasteiger partial charge in [-0.15, -0.1) is 17.9 Å². The van der Waals surface area contributed by atoms with Gasteiger partial charge in [0, 0.05) is 16.4 Å². The van der Waals surface area contributed by atoms with Crippen molar-refractivity contribution in [2.75, 3.05) is 0 Å². The van der Waals surface area contributed by atoms with E-state index in [9.17, 15) is 4.79 Å². The van der Waals surface area contributed by atoms with E-state index in [4.69, 9.17) is 0 Å². The number of rotatable bonds is 2. The highest BCUT2D eigenvalue weighted by Crippen LogP contribution is 2.30. The number of thiophene rings is 1. The lowest BCUT2D eigenvalue weighted by Gasteiger charge is -2.18. The highest BCUT2D eigenvalue weighted by Gasteiger charge is 2.26. The van der Waals surface area contributed by atoms with Crippen molar-refractivity contribution in [3.63, 3.8) is 0 Å². The molecule has 0 fully saturated rings. The van der Waals surface area contributed by atoms with Gasteiger partial charge in [0.25, 0.3) is 0 Å². The van der Waals surface area contributed by atoms with Crippen molar-refractivity contribution in [3.8, 4) is 0 Å². The predicted molar refractivity (Wildman–Crippen MR) is 55.3 cm³/mol. The Hall–Kier alpha value is -0.890. The zero-order chi connectivity index (χ0) is 9.26. The summed E-state index contributed by atoms with van der Waals surface area (Å²) in [6, 6.07) is 1.96. The molecule has 0 saturated carbocycles. The molecule has 0 aliphatic heterocycles. The van der Waals surface area contributed by atoms with E-state index in [1.165, 1.54) is 4.88 Å². The standard InChI is InChI=1S/C11H12OS/c1-2-3-8-4-5-10-9(11(8)12)6-7-13-10/h2,6-8H,1,3-5H2. The lowest BCUT2D eigenvalue weighted by atomic mass is 9.85. The average molecular weight is 192 g/mol. The number of ketones is 1. The van der Waals surface area contributed by atoms with Crippen molar-refractivity contribution in [3.05, 3.63) is 34.5 Å². The second kappa shape index (κ2) is 3.46. The Labute approximate surface area is 82.1 Å². The minimum Gasteiger partial charge on any atom is -0.294 e. The van der Waals surface area contributed by atoms with Crippen LogP contribution in [-0.4, -0.2) is 5.78 Å². The number of carbonyl (C=O) groups is 1. The predicted octanol–water partition coefficient (Wildman–Crippen LogP) is 3.07. The van der Waals surface area contributed by atoms with Crippen molar-refractivity contribution >= 4 is 17.1 Å². The first kappa shape index (κ1) is 8.70. The van der Waals surface area contributed by atoms with E-state index in [2.05, 4.69) is 6.58 Å². The van der Waals surface area contributed by atoms with Gasteiger partial charge in [-0.25, -0.2) is 0 Å². The van der Waals surface area contributed by atoms with Crippen LogP contribution in [0.3, 0.4) is 0 Å². The quantitative estimate of drug-likeness (QED) is 0.658. The lowest BCUT2D eigenvalue weighted by molar-refractivity contribution is 0.0904. The van der Waals surface area contributed by atoms with Crippen LogP contribution in [0.15, 0.2) is 24.1 Å². The molecule has 0 amide bonds. The molecule has 1 aliphatic rings. The maximum Gasteiger partial charge on any atom is 0.167 e. The number of aryl methyl sites for hydroxylation is 1. The van der Waals surface area contributed by atoms with Gasteiger partial charge in [0.05, 0.1) is 0 Å². The third kappa shape index (κ3) is 1.46. The summed E-state index contributed by atoms with van der Waals surface area (Å²) in [6.07, 6.45) is 4.74. The number of Topliss-reactive ketones (excluding diaryl/α,β-unsaturated/α-hetero) is 1. The molecule has 0 spiro atoms. The zero-order valence-corrected chi connectivity index (χ0v) is 8.27. The van der Waals surface area contributed by atoms with Crippen LogP contribution in [0.1, 0.15) is 28.1 Å². The fourth-order valence-corrected chi connectivity index (χ4v) is 2.74. The largest absolute Gasteiger partial charge is 0.294 e. The number of carbonyl (C=O) groups excluding carboxylic acids is 1. The molecule has 2 heteroatoms. The fourth-order valence-electron chi connectivity index (χ4n) is 1.84. The fraction of sp³-hybridized carbons (Fsp3) is 0.364. The van der Waals surface area contributed by atoms with Crippen LogP contribution < -0.4 is 0 Å². The minimum atomic E-state index is 0.194. The van der Waals surface area contributed by atoms with Gasteiger partial charge in [-0.1, -0.05) is 6.08 Å². The SMILES string of the molecule is C=CCC1CCc2sccc2C1=O. The molecule has 13 heavy (non-hydrogen) atoms. The molecule has 0 N–H and O–H groups in total. The maximum absolute atomic E-state index is 11.8. The molecular formula is C11H12OS. The molecule has 1 atom stereocenters. The second-order valence-corrected chi connectivity index (χ2v) is 4.38. The number of hydrogen-bond acceptors (Lipinski definition) is 2. The van der Waals surface area contributed by atoms with Crippen molar-refractivity contribution in [2.24, 2.45) is 5.92 Å². The molecule has 1 unspecified atom stereocenters. The van der Waals surface area contributed by atoms with Gasteiger partial charge in [0.1, 0.15) is 0 Å². The molecule has 0 aromatic carbocycles. The van der Waals surface area contributed by atoms with E-state index in [1.807, 2.05) is 17.5 Å². The molecule has 1 heterocycles. The lowest BCUT2D eigenvalue weighted by Crippen LogP contribution is -2.20. The summed E-state index contributed by atoms with van der Waals surface area (Å²) < 4.78 is 0. The van der Waals surface area contributed by atoms with E-state index >= 15 is 0 Å². The zero-order valence-electron chi connectivity index (χ0n) is 7.45. The van der Waals surface area contributed by atoms with Gasteiger partial charge in [-0.05, 0) is 30.7 Å². The molecule has 68 valence electrons. The first-order chi connectivity index (χ1) is 6.33. The van der Waals surface area contributed by atoms with Crippen LogP contribution >= 0.6 is 11.3 Å². The highest BCUT2D eigenvalue weighted by molar-refractivity contribution is 7.10. The third-order valence-electron chi connectivity index (χ3n) is 2.55. The van der Waals surface area contributed by atoms with Crippen molar-refractivity contribution in [1.82, 2.24) is 0 Å². The highest BCUT2D eigenvalue weighted by atomic mass is 32.1. The summed E-state index contributed by atoms with van der Waals surface area (Å²) >= 11 is 1.70. The normalized spacial score (nSPS) is 21.2. The van der Waals surface area contributed by atoms with E-state index in [0.717, 1.165) is 24.8 Å². The molecule has 1 aliphatic carbocycles. The molecule has 0 radical (unpaired) electrons. The van der Waals surface area contributed by atoms with Gasteiger partial charge in [0.2, 0.25) is 0 Å². The van der Waals surface area contributed by atoms with Gasteiger partial charge < -0.3 is 0 Å². The summed E-state index contributed by atoms with van der Waals surface area (Å²) in [6.45, 7) is 3.68. The summed E-state index contributed by atoms with van der Waals surface area (Å²) in [5.41, 5.74) is 0.961. The molecule has 1 aromatic rings. The van der Waals surface area contributed by atoms with Crippen LogP contribution in [0.25, 0.3) is 0 Å². The molecule has 2 rings (SSSR count). The van der Waals surface area contributed by atoms with Gasteiger partial charge in [-0.3, -0.25) is 4.79 Å². The van der Waals surface area contributed by atoms with Crippen LogP contribution in [0, 0.1) is 5.92 Å². The smallest absolute Gasteiger partial charge is 0.167 e. The van der Waals surface area contributed by atoms with Crippen molar-refractivity contribution < 1.29 is 4.79 Å². The van der Waals surface area contributed by atoms with E-state index in [1.54, 1.807) is 11.3 Å². The van der Waals surface area contributed by atoms with Crippen LogP contribution in [0.4, 0.5) is 0 Å². The monoisotopic (exact) mass is 192 g/mol. The summed E-state index contributed by atoms with van der Waals surface area (Å²) in [5, 5.41) is 2.01. The summed E-state index contributed by atoms with van der Waals surface area (Å²) in [4.78, 5) is 13.1. The molecule has 1 nitrogen and oxygen atoms in total. The maximum atomic E-state index is 11.8. The van der Waals surface area contributed by atoms with Crippen LogP contribution in [-0.2, 0) is 6.42 Å².